The van der Waals surface area contributed by atoms with Gasteiger partial charge in [-0.3, -0.25) is 9.58 Å². The molecule has 2 aromatic heterocycles. The second-order valence-electron chi connectivity index (χ2n) is 6.05. The number of hydrogen-bond acceptors (Lipinski definition) is 5. The third kappa shape index (κ3) is 3.69. The van der Waals surface area contributed by atoms with Crippen LogP contribution >= 0.6 is 0 Å². The van der Waals surface area contributed by atoms with E-state index in [0.29, 0.717) is 5.92 Å². The molecular formula is C15H23N5O. The smallest absolute Gasteiger partial charge is 0.230 e. The number of rotatable bonds is 7. The maximum atomic E-state index is 5.68. The van der Waals surface area contributed by atoms with Crippen LogP contribution in [-0.4, -0.2) is 38.5 Å². The second-order valence-corrected chi connectivity index (χ2v) is 6.05. The molecule has 2 heterocycles. The summed E-state index contributed by atoms with van der Waals surface area (Å²) in [6.45, 7) is 6.78. The molecule has 0 spiro atoms. The molecule has 0 atom stereocenters. The molecule has 3 rings (SSSR count). The van der Waals surface area contributed by atoms with Gasteiger partial charge in [0.25, 0.3) is 0 Å². The highest BCUT2D eigenvalue weighted by Gasteiger charge is 2.29. The Bertz CT molecular complexity index is 599. The second kappa shape index (κ2) is 5.97. The average Bonchev–Trinajstić information content (AvgIpc) is 3.10. The molecule has 0 amide bonds. The highest BCUT2D eigenvalue weighted by molar-refractivity contribution is 5.06. The van der Waals surface area contributed by atoms with Crippen molar-refractivity contribution in [2.45, 2.75) is 52.1 Å². The molecule has 6 heteroatoms. The fourth-order valence-corrected chi connectivity index (χ4v) is 2.53. The fraction of sp³-hybridized carbons (Fsp3) is 0.667. The van der Waals surface area contributed by atoms with Gasteiger partial charge in [-0.15, -0.1) is 10.2 Å². The van der Waals surface area contributed by atoms with E-state index >= 15 is 0 Å². The number of aromatic nitrogens is 4. The van der Waals surface area contributed by atoms with Crippen LogP contribution in [0.5, 0.6) is 0 Å². The molecule has 0 bridgehead atoms. The van der Waals surface area contributed by atoms with Crippen molar-refractivity contribution in [3.63, 3.8) is 0 Å². The molecule has 1 aliphatic rings. The van der Waals surface area contributed by atoms with Gasteiger partial charge in [-0.1, -0.05) is 0 Å². The van der Waals surface area contributed by atoms with Gasteiger partial charge in [0.2, 0.25) is 11.8 Å². The molecule has 0 aliphatic heterocycles. The normalized spacial score (nSPS) is 15.0. The first-order valence-corrected chi connectivity index (χ1v) is 7.63. The lowest BCUT2D eigenvalue weighted by atomic mass is 10.3. The maximum absolute atomic E-state index is 5.68. The third-order valence-electron chi connectivity index (χ3n) is 3.83. The lowest BCUT2D eigenvalue weighted by Crippen LogP contribution is -2.21. The van der Waals surface area contributed by atoms with Crippen LogP contribution in [-0.2, 0) is 13.1 Å². The van der Waals surface area contributed by atoms with E-state index in [2.05, 4.69) is 44.9 Å². The van der Waals surface area contributed by atoms with Crippen molar-refractivity contribution in [1.29, 1.82) is 0 Å². The SMILES string of the molecule is Cc1cc(C)n(CCCN(C)Cc2nnc(C3CC3)o2)n1. The first-order chi connectivity index (χ1) is 10.1. The van der Waals surface area contributed by atoms with E-state index in [1.54, 1.807) is 0 Å². The number of aryl methyl sites for hydroxylation is 3. The zero-order valence-corrected chi connectivity index (χ0v) is 13.0. The van der Waals surface area contributed by atoms with Crippen LogP contribution < -0.4 is 0 Å². The summed E-state index contributed by atoms with van der Waals surface area (Å²) in [5.74, 6) is 2.08. The van der Waals surface area contributed by atoms with Crippen LogP contribution in [0.1, 0.15) is 48.3 Å². The molecule has 0 unspecified atom stereocenters. The Morgan fingerprint density at radius 3 is 2.81 bits per heavy atom. The van der Waals surface area contributed by atoms with Crippen molar-refractivity contribution in [1.82, 2.24) is 24.9 Å². The van der Waals surface area contributed by atoms with Gasteiger partial charge in [0.05, 0.1) is 12.2 Å². The summed E-state index contributed by atoms with van der Waals surface area (Å²) >= 11 is 0. The number of hydrogen-bond donors (Lipinski definition) is 0. The van der Waals surface area contributed by atoms with Gasteiger partial charge in [-0.2, -0.15) is 5.10 Å². The van der Waals surface area contributed by atoms with Gasteiger partial charge in [-0.25, -0.2) is 0 Å². The molecule has 2 aromatic rings. The van der Waals surface area contributed by atoms with E-state index in [9.17, 15) is 0 Å². The van der Waals surface area contributed by atoms with Gasteiger partial charge in [0.15, 0.2) is 0 Å². The minimum absolute atomic E-state index is 0.530. The lowest BCUT2D eigenvalue weighted by molar-refractivity contribution is 0.274. The Labute approximate surface area is 125 Å². The van der Waals surface area contributed by atoms with Gasteiger partial charge in [-0.05, 0) is 46.2 Å². The molecule has 1 saturated carbocycles. The summed E-state index contributed by atoms with van der Waals surface area (Å²) < 4.78 is 7.75. The largest absolute Gasteiger partial charge is 0.424 e. The van der Waals surface area contributed by atoms with Crippen LogP contribution in [0.25, 0.3) is 0 Å². The van der Waals surface area contributed by atoms with E-state index in [1.807, 2.05) is 6.92 Å². The van der Waals surface area contributed by atoms with Gasteiger partial charge < -0.3 is 4.42 Å². The first-order valence-electron chi connectivity index (χ1n) is 7.63. The molecule has 21 heavy (non-hydrogen) atoms. The zero-order chi connectivity index (χ0) is 14.8. The lowest BCUT2D eigenvalue weighted by Gasteiger charge is -2.14. The maximum Gasteiger partial charge on any atom is 0.230 e. The van der Waals surface area contributed by atoms with E-state index in [1.165, 1.54) is 18.5 Å². The quantitative estimate of drug-likeness (QED) is 0.782. The monoisotopic (exact) mass is 289 g/mol. The minimum Gasteiger partial charge on any atom is -0.424 e. The number of nitrogens with zero attached hydrogens (tertiary/aromatic N) is 5. The predicted octanol–water partition coefficient (Wildman–Crippen LogP) is 2.28. The highest BCUT2D eigenvalue weighted by atomic mass is 16.4. The summed E-state index contributed by atoms with van der Waals surface area (Å²) in [5.41, 5.74) is 2.31. The molecule has 6 nitrogen and oxygen atoms in total. The Hall–Kier alpha value is -1.69. The minimum atomic E-state index is 0.530. The first kappa shape index (κ1) is 14.3. The summed E-state index contributed by atoms with van der Waals surface area (Å²) in [5, 5.41) is 12.7. The molecule has 1 aliphatic carbocycles. The Morgan fingerprint density at radius 1 is 1.33 bits per heavy atom. The summed E-state index contributed by atoms with van der Waals surface area (Å²) in [6.07, 6.45) is 3.45. The summed E-state index contributed by atoms with van der Waals surface area (Å²) in [7, 11) is 2.09. The average molecular weight is 289 g/mol. The van der Waals surface area contributed by atoms with Crippen LogP contribution in [0.4, 0.5) is 0 Å². The fourth-order valence-electron chi connectivity index (χ4n) is 2.53. The molecule has 0 radical (unpaired) electrons. The van der Waals surface area contributed by atoms with Crippen LogP contribution in [0.2, 0.25) is 0 Å². The Balaban J connectivity index is 1.43. The Kier molecular flexibility index (Phi) is 4.05. The van der Waals surface area contributed by atoms with E-state index < -0.39 is 0 Å². The van der Waals surface area contributed by atoms with E-state index in [0.717, 1.165) is 43.5 Å². The van der Waals surface area contributed by atoms with Crippen molar-refractivity contribution >= 4 is 0 Å². The molecule has 0 saturated heterocycles. The van der Waals surface area contributed by atoms with Crippen molar-refractivity contribution in [3.05, 3.63) is 29.2 Å². The molecule has 114 valence electrons. The van der Waals surface area contributed by atoms with Crippen LogP contribution in [0.15, 0.2) is 10.5 Å². The van der Waals surface area contributed by atoms with Gasteiger partial charge in [0, 0.05) is 24.7 Å². The van der Waals surface area contributed by atoms with Crippen molar-refractivity contribution in [2.75, 3.05) is 13.6 Å². The van der Waals surface area contributed by atoms with E-state index in [-0.39, 0.29) is 0 Å². The van der Waals surface area contributed by atoms with Crippen molar-refractivity contribution in [2.24, 2.45) is 0 Å². The Morgan fingerprint density at radius 2 is 2.14 bits per heavy atom. The molecular weight excluding hydrogens is 266 g/mol. The van der Waals surface area contributed by atoms with Gasteiger partial charge >= 0.3 is 0 Å². The van der Waals surface area contributed by atoms with E-state index in [4.69, 9.17) is 4.42 Å². The topological polar surface area (TPSA) is 60.0 Å². The highest BCUT2D eigenvalue weighted by Crippen LogP contribution is 2.39. The van der Waals surface area contributed by atoms with Crippen molar-refractivity contribution in [3.8, 4) is 0 Å². The summed E-state index contributed by atoms with van der Waals surface area (Å²) in [6, 6.07) is 2.11. The van der Waals surface area contributed by atoms with Crippen molar-refractivity contribution < 1.29 is 4.42 Å². The standard InChI is InChI=1S/C15H23N5O/c1-11-9-12(2)20(18-11)8-4-7-19(3)10-14-16-17-15(21-14)13-5-6-13/h9,13H,4-8,10H2,1-3H3. The molecule has 0 aromatic carbocycles. The summed E-state index contributed by atoms with van der Waals surface area (Å²) in [4.78, 5) is 2.22. The van der Waals surface area contributed by atoms with Crippen LogP contribution in [0, 0.1) is 13.8 Å². The third-order valence-corrected chi connectivity index (χ3v) is 3.83. The van der Waals surface area contributed by atoms with Crippen LogP contribution in [0.3, 0.4) is 0 Å². The van der Waals surface area contributed by atoms with Gasteiger partial charge in [0.1, 0.15) is 0 Å². The molecule has 0 N–H and O–H groups in total. The molecule has 1 fully saturated rings. The predicted molar refractivity (Wildman–Crippen MR) is 78.9 cm³/mol. The zero-order valence-electron chi connectivity index (χ0n) is 13.0.